The van der Waals surface area contributed by atoms with Gasteiger partial charge >= 0.3 is 0 Å². The summed E-state index contributed by atoms with van der Waals surface area (Å²) in [5.41, 5.74) is 7.50. The average Bonchev–Trinajstić information content (AvgIpc) is 2.19. The molecule has 0 unspecified atom stereocenters. The Morgan fingerprint density at radius 3 is 2.41 bits per heavy atom. The van der Waals surface area contributed by atoms with E-state index in [0.717, 1.165) is 11.3 Å². The van der Waals surface area contributed by atoms with Crippen molar-refractivity contribution in [3.05, 3.63) is 29.8 Å². The summed E-state index contributed by atoms with van der Waals surface area (Å²) in [6.45, 7) is 4.40. The number of rotatable bonds is 5. The summed E-state index contributed by atoms with van der Waals surface area (Å²) in [4.78, 5) is 0. The van der Waals surface area contributed by atoms with Crippen LogP contribution in [0.2, 0.25) is 0 Å². The molecule has 4 nitrogen and oxygen atoms in total. The fourth-order valence-corrected chi connectivity index (χ4v) is 1.69. The Labute approximate surface area is 103 Å². The van der Waals surface area contributed by atoms with Crippen LogP contribution in [0.4, 0.5) is 5.69 Å². The van der Waals surface area contributed by atoms with E-state index in [0.29, 0.717) is 13.1 Å². The topological polar surface area (TPSA) is 72.2 Å². The smallest absolute Gasteiger partial charge is 0.153 e. The molecule has 0 amide bonds. The van der Waals surface area contributed by atoms with Crippen LogP contribution >= 0.6 is 0 Å². The van der Waals surface area contributed by atoms with Crippen LogP contribution in [0.1, 0.15) is 19.4 Å². The summed E-state index contributed by atoms with van der Waals surface area (Å²) in [5.74, 6) is 0. The second kappa shape index (κ2) is 5.06. The second-order valence-corrected chi connectivity index (χ2v) is 7.48. The maximum absolute atomic E-state index is 11.5. The maximum Gasteiger partial charge on any atom is 0.153 e. The Balaban J connectivity index is 2.58. The molecule has 0 atom stereocenters. The summed E-state index contributed by atoms with van der Waals surface area (Å²) < 4.78 is 22.2. The first kappa shape index (κ1) is 14.0. The molecular formula is C12H20N2O2S. The van der Waals surface area contributed by atoms with Crippen LogP contribution in [0.25, 0.3) is 0 Å². The van der Waals surface area contributed by atoms with Crippen LogP contribution < -0.4 is 11.1 Å². The third kappa shape index (κ3) is 3.71. The zero-order valence-electron chi connectivity index (χ0n) is 10.5. The minimum absolute atomic E-state index is 0.403. The highest BCUT2D eigenvalue weighted by Crippen LogP contribution is 2.15. The number of anilines is 1. The molecular weight excluding hydrogens is 236 g/mol. The second-order valence-electron chi connectivity index (χ2n) is 4.83. The first-order valence-electron chi connectivity index (χ1n) is 5.48. The van der Waals surface area contributed by atoms with Crippen molar-refractivity contribution in [2.45, 2.75) is 25.1 Å². The maximum atomic E-state index is 11.5. The lowest BCUT2D eigenvalue weighted by Gasteiger charge is -2.23. The number of nitrogen functional groups attached to an aromatic ring is 1. The lowest BCUT2D eigenvalue weighted by molar-refractivity contribution is 0.521. The SMILES string of the molecule is CC(C)(CNCc1ccccc1N)S(C)(=O)=O. The zero-order chi connectivity index (χ0) is 13.1. The fraction of sp³-hybridized carbons (Fsp3) is 0.500. The lowest BCUT2D eigenvalue weighted by Crippen LogP contribution is -2.41. The highest BCUT2D eigenvalue weighted by molar-refractivity contribution is 7.92. The van der Waals surface area contributed by atoms with E-state index in [9.17, 15) is 8.42 Å². The van der Waals surface area contributed by atoms with Crippen LogP contribution in [-0.2, 0) is 16.4 Å². The number of hydrogen-bond donors (Lipinski definition) is 2. The summed E-state index contributed by atoms with van der Waals surface area (Å²) in [7, 11) is -3.06. The van der Waals surface area contributed by atoms with E-state index in [1.807, 2.05) is 24.3 Å². The minimum atomic E-state index is -3.06. The van der Waals surface area contributed by atoms with Gasteiger partial charge in [0, 0.05) is 25.0 Å². The Bertz CT molecular complexity index is 481. The van der Waals surface area contributed by atoms with Crippen molar-refractivity contribution in [3.63, 3.8) is 0 Å². The first-order chi connectivity index (χ1) is 7.74. The normalized spacial score (nSPS) is 12.6. The lowest BCUT2D eigenvalue weighted by atomic mass is 10.1. The molecule has 5 heteroatoms. The molecule has 1 rings (SSSR count). The van der Waals surface area contributed by atoms with E-state index in [1.165, 1.54) is 6.26 Å². The summed E-state index contributed by atoms with van der Waals surface area (Å²) >= 11 is 0. The van der Waals surface area contributed by atoms with Crippen molar-refractivity contribution in [1.82, 2.24) is 5.32 Å². The van der Waals surface area contributed by atoms with Gasteiger partial charge in [0.15, 0.2) is 9.84 Å². The average molecular weight is 256 g/mol. The van der Waals surface area contributed by atoms with Crippen LogP contribution in [0.3, 0.4) is 0 Å². The van der Waals surface area contributed by atoms with Crippen molar-refractivity contribution < 1.29 is 8.42 Å². The quantitative estimate of drug-likeness (QED) is 0.776. The van der Waals surface area contributed by atoms with E-state index >= 15 is 0 Å². The molecule has 0 spiro atoms. The molecule has 0 aliphatic carbocycles. The third-order valence-electron chi connectivity index (χ3n) is 2.93. The Kier molecular flexibility index (Phi) is 4.16. The molecule has 96 valence electrons. The molecule has 0 saturated heterocycles. The van der Waals surface area contributed by atoms with Crippen LogP contribution in [0, 0.1) is 0 Å². The van der Waals surface area contributed by atoms with E-state index in [1.54, 1.807) is 13.8 Å². The van der Waals surface area contributed by atoms with Crippen molar-refractivity contribution in [1.29, 1.82) is 0 Å². The predicted octanol–water partition coefficient (Wildman–Crippen LogP) is 1.18. The van der Waals surface area contributed by atoms with E-state index in [4.69, 9.17) is 5.73 Å². The van der Waals surface area contributed by atoms with Gasteiger partial charge in [-0.2, -0.15) is 0 Å². The van der Waals surface area contributed by atoms with Gasteiger partial charge in [-0.25, -0.2) is 8.42 Å². The van der Waals surface area contributed by atoms with E-state index < -0.39 is 14.6 Å². The number of hydrogen-bond acceptors (Lipinski definition) is 4. The third-order valence-corrected chi connectivity index (χ3v) is 5.08. The molecule has 0 bridgehead atoms. The predicted molar refractivity (Wildman–Crippen MR) is 71.5 cm³/mol. The molecule has 3 N–H and O–H groups in total. The summed E-state index contributed by atoms with van der Waals surface area (Å²) in [6, 6.07) is 7.54. The summed E-state index contributed by atoms with van der Waals surface area (Å²) in [5, 5.41) is 3.13. The number of nitrogens with one attached hydrogen (secondary N) is 1. The first-order valence-corrected chi connectivity index (χ1v) is 7.37. The van der Waals surface area contributed by atoms with Crippen LogP contribution in [0.5, 0.6) is 0 Å². The van der Waals surface area contributed by atoms with Gasteiger partial charge in [-0.3, -0.25) is 0 Å². The summed E-state index contributed by atoms with van der Waals surface area (Å²) in [6.07, 6.45) is 1.26. The molecule has 0 heterocycles. The standard InChI is InChI=1S/C12H20N2O2S/c1-12(2,17(3,15)16)9-14-8-10-6-4-5-7-11(10)13/h4-7,14H,8-9,13H2,1-3H3. The van der Waals surface area contributed by atoms with Gasteiger partial charge in [-0.15, -0.1) is 0 Å². The fourth-order valence-electron chi connectivity index (χ4n) is 1.32. The highest BCUT2D eigenvalue weighted by atomic mass is 32.2. The van der Waals surface area contributed by atoms with Gasteiger partial charge in [0.25, 0.3) is 0 Å². The Morgan fingerprint density at radius 1 is 1.29 bits per heavy atom. The Hall–Kier alpha value is -1.07. The highest BCUT2D eigenvalue weighted by Gasteiger charge is 2.29. The molecule has 17 heavy (non-hydrogen) atoms. The van der Waals surface area contributed by atoms with Crippen molar-refractivity contribution >= 4 is 15.5 Å². The molecule has 0 saturated carbocycles. The molecule has 0 aromatic heterocycles. The molecule has 1 aromatic carbocycles. The number of benzene rings is 1. The monoisotopic (exact) mass is 256 g/mol. The largest absolute Gasteiger partial charge is 0.398 e. The van der Waals surface area contributed by atoms with Crippen LogP contribution in [0.15, 0.2) is 24.3 Å². The molecule has 1 aromatic rings. The van der Waals surface area contributed by atoms with Gasteiger partial charge in [0.05, 0.1) is 4.75 Å². The van der Waals surface area contributed by atoms with Crippen molar-refractivity contribution in [2.24, 2.45) is 0 Å². The minimum Gasteiger partial charge on any atom is -0.398 e. The molecule has 0 aliphatic heterocycles. The number of nitrogens with two attached hydrogens (primary N) is 1. The van der Waals surface area contributed by atoms with Crippen LogP contribution in [-0.4, -0.2) is 26.0 Å². The van der Waals surface area contributed by atoms with Gasteiger partial charge in [-0.1, -0.05) is 18.2 Å². The van der Waals surface area contributed by atoms with Crippen molar-refractivity contribution in [3.8, 4) is 0 Å². The van der Waals surface area contributed by atoms with Gasteiger partial charge in [-0.05, 0) is 25.5 Å². The molecule has 0 fully saturated rings. The van der Waals surface area contributed by atoms with E-state index in [-0.39, 0.29) is 0 Å². The van der Waals surface area contributed by atoms with E-state index in [2.05, 4.69) is 5.32 Å². The Morgan fingerprint density at radius 2 is 1.88 bits per heavy atom. The van der Waals surface area contributed by atoms with Gasteiger partial charge < -0.3 is 11.1 Å². The molecule has 0 radical (unpaired) electrons. The molecule has 0 aliphatic rings. The van der Waals surface area contributed by atoms with Gasteiger partial charge in [0.1, 0.15) is 0 Å². The van der Waals surface area contributed by atoms with Crippen molar-refractivity contribution in [2.75, 3.05) is 18.5 Å². The van der Waals surface area contributed by atoms with Gasteiger partial charge in [0.2, 0.25) is 0 Å². The zero-order valence-corrected chi connectivity index (χ0v) is 11.3. The number of para-hydroxylation sites is 1. The number of sulfone groups is 1.